The molecule has 0 saturated heterocycles. The Morgan fingerprint density at radius 3 is 2.20 bits per heavy atom. The van der Waals surface area contributed by atoms with Gasteiger partial charge in [0, 0.05) is 21.1 Å². The van der Waals surface area contributed by atoms with Gasteiger partial charge in [0.05, 0.1) is 0 Å². The molecule has 0 nitrogen and oxygen atoms in total. The van der Waals surface area contributed by atoms with Gasteiger partial charge in [0.15, 0.2) is 0 Å². The number of allylic oxidation sites excluding steroid dienone is 4. The van der Waals surface area contributed by atoms with E-state index in [1.54, 1.807) is 0 Å². The molecular weight excluding hydrogens is 303 g/mol. The molecule has 0 spiro atoms. The molecule has 0 aromatic rings. The molecule has 0 amide bonds. The van der Waals surface area contributed by atoms with Gasteiger partial charge in [0.25, 0.3) is 0 Å². The van der Waals surface area contributed by atoms with E-state index >= 15 is 0 Å². The molecule has 1 rings (SSSR count). The molecule has 1 heteroatoms. The van der Waals surface area contributed by atoms with Crippen molar-refractivity contribution in [2.75, 3.05) is 0 Å². The van der Waals surface area contributed by atoms with Crippen LogP contribution in [0, 0.1) is 11.5 Å². The summed E-state index contributed by atoms with van der Waals surface area (Å²) in [6.45, 7) is 6.64. The third-order valence-electron chi connectivity index (χ3n) is 1.50. The minimum absolute atomic E-state index is 0. The van der Waals surface area contributed by atoms with Crippen LogP contribution in [0.3, 0.4) is 0 Å². The van der Waals surface area contributed by atoms with Gasteiger partial charge >= 0.3 is 0 Å². The standard InChI is InChI=1S/C9H13.Pt/c1-9(2,3)8-6-4-5-7-8;/h4,6H,5H2,1-3H3;/q-1;. The van der Waals surface area contributed by atoms with Crippen molar-refractivity contribution >= 4 is 0 Å². The van der Waals surface area contributed by atoms with Crippen molar-refractivity contribution in [3.05, 3.63) is 23.8 Å². The predicted octanol–water partition coefficient (Wildman–Crippen LogP) is 2.72. The summed E-state index contributed by atoms with van der Waals surface area (Å²) < 4.78 is 0. The first kappa shape index (κ1) is 10.2. The van der Waals surface area contributed by atoms with Crippen LogP contribution >= 0.6 is 0 Å². The van der Waals surface area contributed by atoms with Crippen LogP contribution in [-0.4, -0.2) is 0 Å². The van der Waals surface area contributed by atoms with Crippen LogP contribution in [0.1, 0.15) is 27.2 Å². The first-order valence-electron chi connectivity index (χ1n) is 3.38. The largest absolute Gasteiger partial charge is 0.269 e. The molecule has 0 aliphatic heterocycles. The SMILES string of the molecule is CC(C)(C)C1=[C-]CC=C1.[Pt]. The van der Waals surface area contributed by atoms with Crippen molar-refractivity contribution in [3.8, 4) is 0 Å². The van der Waals surface area contributed by atoms with Gasteiger partial charge in [-0.2, -0.15) is 6.08 Å². The Kier molecular flexibility index (Phi) is 3.59. The van der Waals surface area contributed by atoms with Crippen molar-refractivity contribution in [1.82, 2.24) is 0 Å². The monoisotopic (exact) mass is 316 g/mol. The fraction of sp³-hybridized carbons (Fsp3) is 0.556. The maximum Gasteiger partial charge on any atom is 0 e. The summed E-state index contributed by atoms with van der Waals surface area (Å²) >= 11 is 0. The Balaban J connectivity index is 0.000000810. The van der Waals surface area contributed by atoms with Crippen molar-refractivity contribution in [2.45, 2.75) is 27.2 Å². The quantitative estimate of drug-likeness (QED) is 0.603. The van der Waals surface area contributed by atoms with Gasteiger partial charge < -0.3 is 0 Å². The first-order valence-corrected chi connectivity index (χ1v) is 3.38. The summed E-state index contributed by atoms with van der Waals surface area (Å²) in [6.07, 6.45) is 8.63. The first-order chi connectivity index (χ1) is 4.11. The zero-order valence-electron chi connectivity index (χ0n) is 6.68. The molecule has 1 aliphatic carbocycles. The van der Waals surface area contributed by atoms with Crippen LogP contribution in [0.5, 0.6) is 0 Å². The van der Waals surface area contributed by atoms with Gasteiger partial charge in [-0.15, -0.1) is 6.42 Å². The van der Waals surface area contributed by atoms with Crippen molar-refractivity contribution in [2.24, 2.45) is 5.41 Å². The molecule has 0 aromatic heterocycles. The van der Waals surface area contributed by atoms with Crippen LogP contribution < -0.4 is 0 Å². The van der Waals surface area contributed by atoms with E-state index in [2.05, 4.69) is 39.0 Å². The van der Waals surface area contributed by atoms with E-state index in [-0.39, 0.29) is 21.1 Å². The summed E-state index contributed by atoms with van der Waals surface area (Å²) in [4.78, 5) is 0. The Morgan fingerprint density at radius 2 is 2.00 bits per heavy atom. The van der Waals surface area contributed by atoms with Crippen molar-refractivity contribution in [3.63, 3.8) is 0 Å². The molecule has 1 aliphatic rings. The second kappa shape index (κ2) is 3.53. The minimum atomic E-state index is 0. The zero-order chi connectivity index (χ0) is 6.91. The number of hydrogen-bond donors (Lipinski definition) is 0. The van der Waals surface area contributed by atoms with E-state index in [1.165, 1.54) is 5.57 Å². The summed E-state index contributed by atoms with van der Waals surface area (Å²) in [5, 5.41) is 0. The van der Waals surface area contributed by atoms with Crippen molar-refractivity contribution < 1.29 is 21.1 Å². The molecule has 0 N–H and O–H groups in total. The van der Waals surface area contributed by atoms with E-state index in [0.717, 1.165) is 6.42 Å². The van der Waals surface area contributed by atoms with Crippen LogP contribution in [0.2, 0.25) is 0 Å². The second-order valence-electron chi connectivity index (χ2n) is 3.45. The molecule has 0 bridgehead atoms. The smallest absolute Gasteiger partial charge is 0 e. The number of hydrogen-bond acceptors (Lipinski definition) is 0. The average Bonchev–Trinajstić information content (AvgIpc) is 2.08. The molecule has 10 heavy (non-hydrogen) atoms. The van der Waals surface area contributed by atoms with Gasteiger partial charge in [0.2, 0.25) is 0 Å². The van der Waals surface area contributed by atoms with Gasteiger partial charge in [0.1, 0.15) is 0 Å². The predicted molar refractivity (Wildman–Crippen MR) is 40.0 cm³/mol. The molecular formula is C9H13Pt-. The van der Waals surface area contributed by atoms with Gasteiger partial charge in [-0.05, 0) is 5.41 Å². The Bertz CT molecular complexity index is 158. The van der Waals surface area contributed by atoms with E-state index in [9.17, 15) is 0 Å². The minimum Gasteiger partial charge on any atom is -0.269 e. The van der Waals surface area contributed by atoms with Crippen LogP contribution in [-0.2, 0) is 21.1 Å². The van der Waals surface area contributed by atoms with E-state index in [1.807, 2.05) is 0 Å². The summed E-state index contributed by atoms with van der Waals surface area (Å²) in [7, 11) is 0. The second-order valence-corrected chi connectivity index (χ2v) is 3.45. The van der Waals surface area contributed by atoms with E-state index in [4.69, 9.17) is 0 Å². The summed E-state index contributed by atoms with van der Waals surface area (Å²) in [5.74, 6) is 0. The number of rotatable bonds is 0. The topological polar surface area (TPSA) is 0 Å². The molecule has 0 fully saturated rings. The third kappa shape index (κ3) is 2.42. The molecule has 0 heterocycles. The molecule has 0 atom stereocenters. The molecule has 0 unspecified atom stereocenters. The van der Waals surface area contributed by atoms with E-state index in [0.29, 0.717) is 5.41 Å². The van der Waals surface area contributed by atoms with Crippen LogP contribution in [0.15, 0.2) is 17.7 Å². The summed E-state index contributed by atoms with van der Waals surface area (Å²) in [5.41, 5.74) is 1.65. The van der Waals surface area contributed by atoms with Gasteiger partial charge in [-0.1, -0.05) is 20.8 Å². The van der Waals surface area contributed by atoms with Crippen molar-refractivity contribution in [1.29, 1.82) is 0 Å². The normalized spacial score (nSPS) is 16.5. The molecule has 60 valence electrons. The summed E-state index contributed by atoms with van der Waals surface area (Å²) in [6, 6.07) is 0. The van der Waals surface area contributed by atoms with Gasteiger partial charge in [-0.25, -0.2) is 11.6 Å². The maximum atomic E-state index is 3.30. The maximum absolute atomic E-state index is 3.30. The van der Waals surface area contributed by atoms with Crippen LogP contribution in [0.4, 0.5) is 0 Å². The zero-order valence-corrected chi connectivity index (χ0v) is 8.95. The Morgan fingerprint density at radius 1 is 1.40 bits per heavy atom. The average molecular weight is 316 g/mol. The third-order valence-corrected chi connectivity index (χ3v) is 1.50. The van der Waals surface area contributed by atoms with Gasteiger partial charge in [-0.3, -0.25) is 6.08 Å². The molecule has 0 radical (unpaired) electrons. The van der Waals surface area contributed by atoms with E-state index < -0.39 is 0 Å². The Labute approximate surface area is 77.7 Å². The molecule has 0 aromatic carbocycles. The fourth-order valence-electron chi connectivity index (χ4n) is 0.920. The van der Waals surface area contributed by atoms with Crippen LogP contribution in [0.25, 0.3) is 0 Å². The fourth-order valence-corrected chi connectivity index (χ4v) is 0.920. The Hall–Kier alpha value is 0.168. The molecule has 0 saturated carbocycles.